The Kier molecular flexibility index (Phi) is 7.71. The van der Waals surface area contributed by atoms with Crippen molar-refractivity contribution in [2.24, 2.45) is 0 Å². The first kappa shape index (κ1) is 17.4. The number of hydrogen-bond donors (Lipinski definition) is 1. The van der Waals surface area contributed by atoms with E-state index in [1.807, 2.05) is 6.07 Å². The smallest absolute Gasteiger partial charge is 0.311 e. The zero-order chi connectivity index (χ0) is 15.7. The second-order valence-electron chi connectivity index (χ2n) is 4.91. The lowest BCUT2D eigenvalue weighted by Gasteiger charge is -2.17. The molecule has 1 rings (SSSR count). The fourth-order valence-corrected chi connectivity index (χ4v) is 2.17. The van der Waals surface area contributed by atoms with Gasteiger partial charge in [-0.3, -0.25) is 10.1 Å². The van der Waals surface area contributed by atoms with Crippen LogP contribution in [-0.2, 0) is 11.2 Å². The Labute approximate surface area is 125 Å². The highest BCUT2D eigenvalue weighted by Gasteiger charge is 2.16. The lowest BCUT2D eigenvalue weighted by atomic mass is 10.0. The van der Waals surface area contributed by atoms with Crippen molar-refractivity contribution in [3.05, 3.63) is 33.9 Å². The third kappa shape index (κ3) is 5.69. The van der Waals surface area contributed by atoms with E-state index in [-0.39, 0.29) is 11.7 Å². The van der Waals surface area contributed by atoms with Crippen LogP contribution in [0.1, 0.15) is 25.3 Å². The van der Waals surface area contributed by atoms with E-state index in [2.05, 4.69) is 12.2 Å². The Morgan fingerprint density at radius 2 is 2.14 bits per heavy atom. The summed E-state index contributed by atoms with van der Waals surface area (Å²) in [6.07, 6.45) is 2.70. The third-order valence-electron chi connectivity index (χ3n) is 3.27. The summed E-state index contributed by atoms with van der Waals surface area (Å²) in [4.78, 5) is 10.6. The maximum atomic E-state index is 11.0. The number of ether oxygens (including phenoxy) is 2. The molecule has 0 heterocycles. The molecule has 1 atom stereocenters. The number of hydrogen-bond acceptors (Lipinski definition) is 5. The number of nitrogens with zero attached hydrogens (tertiary/aromatic N) is 1. The summed E-state index contributed by atoms with van der Waals surface area (Å²) < 4.78 is 10.2. The van der Waals surface area contributed by atoms with Crippen LogP contribution in [0.5, 0.6) is 5.75 Å². The second-order valence-corrected chi connectivity index (χ2v) is 4.91. The van der Waals surface area contributed by atoms with Crippen LogP contribution < -0.4 is 10.1 Å². The second kappa shape index (κ2) is 9.31. The summed E-state index contributed by atoms with van der Waals surface area (Å²) in [5.74, 6) is 0.293. The predicted octanol–water partition coefficient (Wildman–Crippen LogP) is 2.55. The van der Waals surface area contributed by atoms with E-state index >= 15 is 0 Å². The van der Waals surface area contributed by atoms with Crippen molar-refractivity contribution in [2.45, 2.75) is 32.2 Å². The van der Waals surface area contributed by atoms with Crippen molar-refractivity contribution in [1.82, 2.24) is 5.32 Å². The average Bonchev–Trinajstić information content (AvgIpc) is 2.49. The fourth-order valence-electron chi connectivity index (χ4n) is 2.17. The van der Waals surface area contributed by atoms with Crippen LogP contribution >= 0.6 is 0 Å². The van der Waals surface area contributed by atoms with Crippen molar-refractivity contribution in [1.29, 1.82) is 0 Å². The molecule has 0 saturated carbocycles. The summed E-state index contributed by atoms with van der Waals surface area (Å²) in [6, 6.07) is 5.37. The summed E-state index contributed by atoms with van der Waals surface area (Å²) in [5.41, 5.74) is 0.946. The number of nitro groups is 1. The number of nitrogens with one attached hydrogen (secondary N) is 1. The molecule has 0 bridgehead atoms. The van der Waals surface area contributed by atoms with Gasteiger partial charge in [0.1, 0.15) is 0 Å². The normalized spacial score (nSPS) is 12.1. The zero-order valence-electron chi connectivity index (χ0n) is 12.9. The predicted molar refractivity (Wildman–Crippen MR) is 81.9 cm³/mol. The molecule has 0 aliphatic rings. The Morgan fingerprint density at radius 3 is 2.71 bits per heavy atom. The molecule has 0 aliphatic heterocycles. The standard InChI is InChI=1S/C15H24N2O4/c1-4-9-16-13(11-20-2)7-5-12-6-8-15(21-3)14(10-12)17(18)19/h6,8,10,13,16H,4-5,7,9,11H2,1-3H3. The molecule has 0 fully saturated rings. The SMILES string of the molecule is CCCNC(CCc1ccc(OC)c([N+](=O)[O-])c1)COC. The first-order chi connectivity index (χ1) is 10.1. The zero-order valence-corrected chi connectivity index (χ0v) is 12.9. The Hall–Kier alpha value is -1.66. The van der Waals surface area contributed by atoms with Crippen LogP contribution in [0.25, 0.3) is 0 Å². The van der Waals surface area contributed by atoms with Gasteiger partial charge < -0.3 is 14.8 Å². The van der Waals surface area contributed by atoms with E-state index in [9.17, 15) is 10.1 Å². The Balaban J connectivity index is 2.68. The first-order valence-electron chi connectivity index (χ1n) is 7.16. The molecule has 1 aromatic rings. The minimum atomic E-state index is -0.412. The van der Waals surface area contributed by atoms with Crippen LogP contribution in [0.2, 0.25) is 0 Å². The lowest BCUT2D eigenvalue weighted by Crippen LogP contribution is -2.34. The van der Waals surface area contributed by atoms with Crippen LogP contribution in [0, 0.1) is 10.1 Å². The van der Waals surface area contributed by atoms with Gasteiger partial charge in [0.25, 0.3) is 0 Å². The van der Waals surface area contributed by atoms with Gasteiger partial charge in [-0.2, -0.15) is 0 Å². The lowest BCUT2D eigenvalue weighted by molar-refractivity contribution is -0.385. The summed E-state index contributed by atoms with van der Waals surface area (Å²) in [6.45, 7) is 3.69. The van der Waals surface area contributed by atoms with Gasteiger partial charge in [0.15, 0.2) is 5.75 Å². The van der Waals surface area contributed by atoms with Crippen molar-refractivity contribution >= 4 is 5.69 Å². The van der Waals surface area contributed by atoms with E-state index in [1.54, 1.807) is 19.2 Å². The summed E-state index contributed by atoms with van der Waals surface area (Å²) >= 11 is 0. The molecule has 21 heavy (non-hydrogen) atoms. The number of aryl methyl sites for hydroxylation is 1. The molecule has 0 radical (unpaired) electrons. The van der Waals surface area contributed by atoms with Crippen LogP contribution in [0.4, 0.5) is 5.69 Å². The monoisotopic (exact) mass is 296 g/mol. The number of benzene rings is 1. The minimum Gasteiger partial charge on any atom is -0.490 e. The van der Waals surface area contributed by atoms with Crippen LogP contribution in [-0.4, -0.2) is 38.3 Å². The number of methoxy groups -OCH3 is 2. The van der Waals surface area contributed by atoms with Gasteiger partial charge in [0, 0.05) is 19.2 Å². The highest BCUT2D eigenvalue weighted by atomic mass is 16.6. The van der Waals surface area contributed by atoms with Gasteiger partial charge in [-0.05, 0) is 37.4 Å². The molecule has 0 saturated heterocycles. The van der Waals surface area contributed by atoms with Gasteiger partial charge >= 0.3 is 5.69 Å². The molecule has 0 aromatic heterocycles. The Bertz CT molecular complexity index is 451. The van der Waals surface area contributed by atoms with Crippen molar-refractivity contribution in [2.75, 3.05) is 27.4 Å². The van der Waals surface area contributed by atoms with Gasteiger partial charge in [-0.25, -0.2) is 0 Å². The summed E-state index contributed by atoms with van der Waals surface area (Å²) in [7, 11) is 3.12. The highest BCUT2D eigenvalue weighted by Crippen LogP contribution is 2.28. The fraction of sp³-hybridized carbons (Fsp3) is 0.600. The van der Waals surface area contributed by atoms with E-state index in [0.717, 1.165) is 31.4 Å². The Morgan fingerprint density at radius 1 is 1.38 bits per heavy atom. The van der Waals surface area contributed by atoms with Gasteiger partial charge in [-0.15, -0.1) is 0 Å². The van der Waals surface area contributed by atoms with Gasteiger partial charge in [0.2, 0.25) is 0 Å². The van der Waals surface area contributed by atoms with E-state index in [4.69, 9.17) is 9.47 Å². The maximum absolute atomic E-state index is 11.0. The number of rotatable bonds is 10. The summed E-state index contributed by atoms with van der Waals surface area (Å²) in [5, 5.41) is 14.4. The molecule has 6 heteroatoms. The van der Waals surface area contributed by atoms with Crippen LogP contribution in [0.3, 0.4) is 0 Å². The molecule has 0 spiro atoms. The molecule has 6 nitrogen and oxygen atoms in total. The molecule has 1 aromatic carbocycles. The van der Waals surface area contributed by atoms with Gasteiger partial charge in [-0.1, -0.05) is 13.0 Å². The molecule has 1 unspecified atom stereocenters. The molecule has 1 N–H and O–H groups in total. The quantitative estimate of drug-likeness (QED) is 0.530. The molecular formula is C15H24N2O4. The highest BCUT2D eigenvalue weighted by molar-refractivity contribution is 5.48. The van der Waals surface area contributed by atoms with Crippen molar-refractivity contribution < 1.29 is 14.4 Å². The van der Waals surface area contributed by atoms with Crippen molar-refractivity contribution in [3.63, 3.8) is 0 Å². The first-order valence-corrected chi connectivity index (χ1v) is 7.16. The molecule has 118 valence electrons. The third-order valence-corrected chi connectivity index (χ3v) is 3.27. The van der Waals surface area contributed by atoms with Gasteiger partial charge in [0.05, 0.1) is 18.6 Å². The minimum absolute atomic E-state index is 0.0137. The van der Waals surface area contributed by atoms with Crippen LogP contribution in [0.15, 0.2) is 18.2 Å². The average molecular weight is 296 g/mol. The molecule has 0 amide bonds. The molecule has 0 aliphatic carbocycles. The van der Waals surface area contributed by atoms with E-state index < -0.39 is 4.92 Å². The number of nitro benzene ring substituents is 1. The maximum Gasteiger partial charge on any atom is 0.311 e. The van der Waals surface area contributed by atoms with Crippen molar-refractivity contribution in [3.8, 4) is 5.75 Å². The molecular weight excluding hydrogens is 272 g/mol. The van der Waals surface area contributed by atoms with E-state index in [1.165, 1.54) is 7.11 Å². The largest absolute Gasteiger partial charge is 0.490 e. The topological polar surface area (TPSA) is 73.6 Å². The van der Waals surface area contributed by atoms with E-state index in [0.29, 0.717) is 12.4 Å².